The maximum Gasteiger partial charge on any atom is 0.304 e. The van der Waals surface area contributed by atoms with Gasteiger partial charge in [-0.3, -0.25) is 4.79 Å². The van der Waals surface area contributed by atoms with Gasteiger partial charge in [0, 0.05) is 25.2 Å². The lowest BCUT2D eigenvalue weighted by atomic mass is 10.0. The fourth-order valence-corrected chi connectivity index (χ4v) is 1.54. The molecule has 1 aliphatic rings. The highest BCUT2D eigenvalue weighted by molar-refractivity contribution is 5.67. The molecule has 1 heterocycles. The molecule has 12 heavy (non-hydrogen) atoms. The Morgan fingerprint density at radius 3 is 3.00 bits per heavy atom. The zero-order valence-corrected chi connectivity index (χ0v) is 7.58. The molecule has 2 atom stereocenters. The zero-order valence-electron chi connectivity index (χ0n) is 7.58. The summed E-state index contributed by atoms with van der Waals surface area (Å²) in [4.78, 5) is 12.6. The molecule has 0 aromatic carbocycles. The van der Waals surface area contributed by atoms with Gasteiger partial charge in [-0.2, -0.15) is 0 Å². The lowest BCUT2D eigenvalue weighted by molar-refractivity contribution is -0.138. The Morgan fingerprint density at radius 2 is 2.42 bits per heavy atom. The van der Waals surface area contributed by atoms with Crippen LogP contribution in [0.4, 0.5) is 0 Å². The predicted molar refractivity (Wildman–Crippen MR) is 46.1 cm³/mol. The average Bonchev–Trinajstić information content (AvgIpc) is 1.98. The van der Waals surface area contributed by atoms with E-state index in [1.807, 2.05) is 7.05 Å². The Morgan fingerprint density at radius 1 is 1.75 bits per heavy atom. The minimum absolute atomic E-state index is 0.0984. The van der Waals surface area contributed by atoms with Crippen molar-refractivity contribution in [3.8, 4) is 0 Å². The van der Waals surface area contributed by atoms with E-state index in [4.69, 9.17) is 5.11 Å². The lowest BCUT2D eigenvalue weighted by Gasteiger charge is -2.37. The molecule has 0 aliphatic carbocycles. The highest BCUT2D eigenvalue weighted by Crippen LogP contribution is 2.09. The Kier molecular flexibility index (Phi) is 3.05. The first-order chi connectivity index (χ1) is 5.61. The van der Waals surface area contributed by atoms with Gasteiger partial charge in [-0.1, -0.05) is 0 Å². The number of carbonyl (C=O) groups is 1. The molecule has 1 aliphatic heterocycles. The second kappa shape index (κ2) is 3.87. The van der Waals surface area contributed by atoms with Gasteiger partial charge < -0.3 is 15.3 Å². The van der Waals surface area contributed by atoms with Gasteiger partial charge in [0.05, 0.1) is 6.42 Å². The van der Waals surface area contributed by atoms with Crippen molar-refractivity contribution in [2.75, 3.05) is 20.1 Å². The van der Waals surface area contributed by atoms with E-state index in [9.17, 15) is 4.79 Å². The summed E-state index contributed by atoms with van der Waals surface area (Å²) >= 11 is 0. The predicted octanol–water partition coefficient (Wildman–Crippen LogP) is -0.247. The van der Waals surface area contributed by atoms with Crippen LogP contribution in [0, 0.1) is 0 Å². The van der Waals surface area contributed by atoms with E-state index in [0.717, 1.165) is 13.1 Å². The third-order valence-electron chi connectivity index (χ3n) is 2.54. The standard InChI is InChI=1S/C8H16N2O2/c1-6-7(5-8(11)12)9-3-4-10(6)2/h6-7,9H,3-5H2,1-2H3,(H,11,12). The Hall–Kier alpha value is -0.610. The van der Waals surface area contributed by atoms with Gasteiger partial charge in [-0.05, 0) is 14.0 Å². The van der Waals surface area contributed by atoms with Crippen LogP contribution in [0.1, 0.15) is 13.3 Å². The van der Waals surface area contributed by atoms with Crippen molar-refractivity contribution in [2.24, 2.45) is 0 Å². The summed E-state index contributed by atoms with van der Waals surface area (Å²) in [6, 6.07) is 0.413. The van der Waals surface area contributed by atoms with Crippen LogP contribution in [-0.2, 0) is 4.79 Å². The number of rotatable bonds is 2. The largest absolute Gasteiger partial charge is 0.481 e. The van der Waals surface area contributed by atoms with Crippen molar-refractivity contribution >= 4 is 5.97 Å². The van der Waals surface area contributed by atoms with Gasteiger partial charge in [0.2, 0.25) is 0 Å². The highest BCUT2D eigenvalue weighted by Gasteiger charge is 2.26. The van der Waals surface area contributed by atoms with Crippen LogP contribution in [0.5, 0.6) is 0 Å². The number of likely N-dealkylation sites (N-methyl/N-ethyl adjacent to an activating group) is 1. The van der Waals surface area contributed by atoms with Gasteiger partial charge >= 0.3 is 5.97 Å². The van der Waals surface area contributed by atoms with Gasteiger partial charge in [-0.25, -0.2) is 0 Å². The molecule has 2 unspecified atom stereocenters. The molecule has 4 nitrogen and oxygen atoms in total. The summed E-state index contributed by atoms with van der Waals surface area (Å²) < 4.78 is 0. The molecule has 70 valence electrons. The van der Waals surface area contributed by atoms with Crippen molar-refractivity contribution in [3.05, 3.63) is 0 Å². The third-order valence-corrected chi connectivity index (χ3v) is 2.54. The monoisotopic (exact) mass is 172 g/mol. The van der Waals surface area contributed by atoms with Crippen molar-refractivity contribution in [1.82, 2.24) is 10.2 Å². The molecule has 1 fully saturated rings. The molecule has 0 amide bonds. The fourth-order valence-electron chi connectivity index (χ4n) is 1.54. The number of hydrogen-bond acceptors (Lipinski definition) is 3. The number of aliphatic carboxylic acids is 1. The average molecular weight is 172 g/mol. The fraction of sp³-hybridized carbons (Fsp3) is 0.875. The molecule has 0 bridgehead atoms. The minimum Gasteiger partial charge on any atom is -0.481 e. The minimum atomic E-state index is -0.727. The van der Waals surface area contributed by atoms with Crippen molar-refractivity contribution in [1.29, 1.82) is 0 Å². The number of piperazine rings is 1. The van der Waals surface area contributed by atoms with E-state index in [1.54, 1.807) is 0 Å². The summed E-state index contributed by atoms with van der Waals surface area (Å²) in [7, 11) is 2.03. The van der Waals surface area contributed by atoms with Gasteiger partial charge in [-0.15, -0.1) is 0 Å². The quantitative estimate of drug-likeness (QED) is 0.603. The number of nitrogens with zero attached hydrogens (tertiary/aromatic N) is 1. The molecule has 1 saturated heterocycles. The number of hydrogen-bond donors (Lipinski definition) is 2. The van der Waals surface area contributed by atoms with E-state index >= 15 is 0 Å². The summed E-state index contributed by atoms with van der Waals surface area (Å²) in [6.07, 6.45) is 0.214. The van der Waals surface area contributed by atoms with E-state index in [0.29, 0.717) is 6.04 Å². The van der Waals surface area contributed by atoms with Crippen LogP contribution >= 0.6 is 0 Å². The van der Waals surface area contributed by atoms with Gasteiger partial charge in [0.1, 0.15) is 0 Å². The van der Waals surface area contributed by atoms with Crippen LogP contribution < -0.4 is 5.32 Å². The SMILES string of the molecule is CC1C(CC(=O)O)NCCN1C. The second-order valence-corrected chi connectivity index (χ2v) is 3.38. The molecule has 0 radical (unpaired) electrons. The van der Waals surface area contributed by atoms with Crippen molar-refractivity contribution in [2.45, 2.75) is 25.4 Å². The first-order valence-electron chi connectivity index (χ1n) is 4.26. The molecule has 0 aromatic rings. The Labute approximate surface area is 72.6 Å². The van der Waals surface area contributed by atoms with E-state index in [2.05, 4.69) is 17.1 Å². The molecule has 4 heteroatoms. The topological polar surface area (TPSA) is 52.6 Å². The van der Waals surface area contributed by atoms with Gasteiger partial charge in [0.25, 0.3) is 0 Å². The van der Waals surface area contributed by atoms with E-state index in [-0.39, 0.29) is 12.5 Å². The van der Waals surface area contributed by atoms with Crippen LogP contribution in [0.15, 0.2) is 0 Å². The smallest absolute Gasteiger partial charge is 0.304 e. The van der Waals surface area contributed by atoms with Crippen LogP contribution in [0.3, 0.4) is 0 Å². The summed E-state index contributed by atoms with van der Waals surface area (Å²) in [5, 5.41) is 11.8. The molecular formula is C8H16N2O2. The molecule has 1 rings (SSSR count). The Bertz CT molecular complexity index is 172. The molecule has 0 aromatic heterocycles. The van der Waals surface area contributed by atoms with Crippen molar-refractivity contribution < 1.29 is 9.90 Å². The summed E-state index contributed by atoms with van der Waals surface area (Å²) in [5.41, 5.74) is 0. The highest BCUT2D eigenvalue weighted by atomic mass is 16.4. The van der Waals surface area contributed by atoms with Crippen LogP contribution in [0.2, 0.25) is 0 Å². The zero-order chi connectivity index (χ0) is 9.14. The first kappa shape index (κ1) is 9.48. The second-order valence-electron chi connectivity index (χ2n) is 3.38. The molecule has 2 N–H and O–H groups in total. The first-order valence-corrected chi connectivity index (χ1v) is 4.26. The maximum atomic E-state index is 10.5. The normalized spacial score (nSPS) is 31.8. The summed E-state index contributed by atoms with van der Waals surface area (Å²) in [5.74, 6) is -0.727. The van der Waals surface area contributed by atoms with E-state index < -0.39 is 5.97 Å². The lowest BCUT2D eigenvalue weighted by Crippen LogP contribution is -2.55. The number of carboxylic acid groups (broad SMARTS) is 1. The molecule has 0 spiro atoms. The number of carboxylic acids is 1. The van der Waals surface area contributed by atoms with Gasteiger partial charge in [0.15, 0.2) is 0 Å². The van der Waals surface area contributed by atoms with Crippen molar-refractivity contribution in [3.63, 3.8) is 0 Å². The van der Waals surface area contributed by atoms with E-state index in [1.165, 1.54) is 0 Å². The Balaban J connectivity index is 2.46. The third kappa shape index (κ3) is 2.19. The summed E-state index contributed by atoms with van der Waals surface area (Å²) in [6.45, 7) is 3.94. The molecular weight excluding hydrogens is 156 g/mol. The maximum absolute atomic E-state index is 10.5. The number of nitrogens with one attached hydrogen (secondary N) is 1. The molecule has 0 saturated carbocycles. The van der Waals surface area contributed by atoms with Crippen LogP contribution in [0.25, 0.3) is 0 Å². The van der Waals surface area contributed by atoms with Crippen LogP contribution in [-0.4, -0.2) is 48.2 Å².